The number of nitrogens with one attached hydrogen (secondary N) is 1. The Kier molecular flexibility index (Phi) is 5.61. The average Bonchev–Trinajstić information content (AvgIpc) is 2.67. The van der Waals surface area contributed by atoms with Crippen LogP contribution in [0.1, 0.15) is 16.8 Å². The maximum absolute atomic E-state index is 12.0. The Morgan fingerprint density at radius 3 is 2.52 bits per heavy atom. The standard InChI is InChI=1S/C22H20N2O3/c1-15-6-5-7-16(2)22(15)24-20(25)14-27-21(26)13-12-18-11-10-17-8-3-4-9-19(17)23-18/h3-13H,14H2,1-2H3,(H,24,25)/b13-12+. The van der Waals surface area contributed by atoms with Crippen LogP contribution in [0.4, 0.5) is 5.69 Å². The van der Waals surface area contributed by atoms with Crippen molar-refractivity contribution in [2.45, 2.75) is 13.8 Å². The Hall–Kier alpha value is -3.47. The van der Waals surface area contributed by atoms with Gasteiger partial charge >= 0.3 is 5.97 Å². The highest BCUT2D eigenvalue weighted by Crippen LogP contribution is 2.19. The number of benzene rings is 2. The van der Waals surface area contributed by atoms with Crippen LogP contribution in [0.15, 0.2) is 60.7 Å². The number of nitrogens with zero attached hydrogens (tertiary/aromatic N) is 1. The molecule has 0 fully saturated rings. The summed E-state index contributed by atoms with van der Waals surface area (Å²) in [4.78, 5) is 28.3. The molecular weight excluding hydrogens is 340 g/mol. The van der Waals surface area contributed by atoms with Crippen LogP contribution >= 0.6 is 0 Å². The van der Waals surface area contributed by atoms with Crippen LogP contribution in [0.5, 0.6) is 0 Å². The van der Waals surface area contributed by atoms with Crippen LogP contribution in [0.3, 0.4) is 0 Å². The van der Waals surface area contributed by atoms with Crippen molar-refractivity contribution in [2.24, 2.45) is 0 Å². The Labute approximate surface area is 157 Å². The van der Waals surface area contributed by atoms with Crippen LogP contribution in [0.2, 0.25) is 0 Å². The number of esters is 1. The van der Waals surface area contributed by atoms with Gasteiger partial charge in [-0.1, -0.05) is 42.5 Å². The predicted octanol–water partition coefficient (Wildman–Crippen LogP) is 4.05. The van der Waals surface area contributed by atoms with Gasteiger partial charge in [-0.3, -0.25) is 4.79 Å². The zero-order chi connectivity index (χ0) is 19.2. The third-order valence-electron chi connectivity index (χ3n) is 4.10. The summed E-state index contributed by atoms with van der Waals surface area (Å²) >= 11 is 0. The fourth-order valence-electron chi connectivity index (χ4n) is 2.70. The lowest BCUT2D eigenvalue weighted by Crippen LogP contribution is -2.21. The highest BCUT2D eigenvalue weighted by atomic mass is 16.5. The third kappa shape index (κ3) is 4.79. The van der Waals surface area contributed by atoms with E-state index in [1.54, 1.807) is 6.08 Å². The van der Waals surface area contributed by atoms with Crippen molar-refractivity contribution in [3.8, 4) is 0 Å². The van der Waals surface area contributed by atoms with Gasteiger partial charge in [0.1, 0.15) is 0 Å². The monoisotopic (exact) mass is 360 g/mol. The van der Waals surface area contributed by atoms with Crippen molar-refractivity contribution >= 4 is 34.5 Å². The lowest BCUT2D eigenvalue weighted by Gasteiger charge is -2.11. The van der Waals surface area contributed by atoms with E-state index in [0.29, 0.717) is 5.69 Å². The smallest absolute Gasteiger partial charge is 0.331 e. The normalized spacial score (nSPS) is 10.9. The number of fused-ring (bicyclic) bond motifs is 1. The summed E-state index contributed by atoms with van der Waals surface area (Å²) < 4.78 is 5.00. The maximum Gasteiger partial charge on any atom is 0.331 e. The number of pyridine rings is 1. The Morgan fingerprint density at radius 2 is 1.74 bits per heavy atom. The fraction of sp³-hybridized carbons (Fsp3) is 0.136. The molecule has 27 heavy (non-hydrogen) atoms. The highest BCUT2D eigenvalue weighted by molar-refractivity contribution is 5.95. The minimum atomic E-state index is -0.596. The van der Waals surface area contributed by atoms with E-state index in [1.165, 1.54) is 6.08 Å². The predicted molar refractivity (Wildman–Crippen MR) is 106 cm³/mol. The summed E-state index contributed by atoms with van der Waals surface area (Å²) in [6.45, 7) is 3.48. The highest BCUT2D eigenvalue weighted by Gasteiger charge is 2.09. The number of hydrogen-bond donors (Lipinski definition) is 1. The molecule has 0 saturated carbocycles. The molecule has 1 heterocycles. The number of carbonyl (C=O) groups excluding carboxylic acids is 2. The molecule has 2 aromatic carbocycles. The van der Waals surface area contributed by atoms with E-state index in [2.05, 4.69) is 10.3 Å². The Bertz CT molecular complexity index is 1000. The SMILES string of the molecule is Cc1cccc(C)c1NC(=O)COC(=O)/C=C/c1ccc2ccccc2n1. The van der Waals surface area contributed by atoms with Crippen molar-refractivity contribution in [3.05, 3.63) is 77.5 Å². The lowest BCUT2D eigenvalue weighted by molar-refractivity contribution is -0.142. The van der Waals surface area contributed by atoms with Crippen LogP contribution in [-0.4, -0.2) is 23.5 Å². The van der Waals surface area contributed by atoms with E-state index in [1.807, 2.05) is 68.4 Å². The van der Waals surface area contributed by atoms with E-state index >= 15 is 0 Å². The van der Waals surface area contributed by atoms with Gasteiger partial charge < -0.3 is 10.1 Å². The van der Waals surface area contributed by atoms with Crippen molar-refractivity contribution in [2.75, 3.05) is 11.9 Å². The van der Waals surface area contributed by atoms with Gasteiger partial charge in [-0.05, 0) is 43.2 Å². The first-order valence-corrected chi connectivity index (χ1v) is 8.59. The number of ether oxygens (including phenoxy) is 1. The van der Waals surface area contributed by atoms with E-state index in [0.717, 1.165) is 27.7 Å². The van der Waals surface area contributed by atoms with Gasteiger partial charge in [-0.25, -0.2) is 9.78 Å². The molecule has 0 radical (unpaired) electrons. The molecule has 0 aliphatic carbocycles. The summed E-state index contributed by atoms with van der Waals surface area (Å²) in [5, 5.41) is 3.80. The van der Waals surface area contributed by atoms with Gasteiger partial charge in [0.2, 0.25) is 0 Å². The van der Waals surface area contributed by atoms with E-state index < -0.39 is 5.97 Å². The Balaban J connectivity index is 1.55. The minimum Gasteiger partial charge on any atom is -0.452 e. The number of rotatable bonds is 5. The number of anilines is 1. The zero-order valence-corrected chi connectivity index (χ0v) is 15.2. The second-order valence-corrected chi connectivity index (χ2v) is 6.18. The van der Waals surface area contributed by atoms with E-state index in [9.17, 15) is 9.59 Å². The number of aryl methyl sites for hydroxylation is 2. The molecule has 1 aromatic heterocycles. The van der Waals surface area contributed by atoms with E-state index in [4.69, 9.17) is 4.74 Å². The first-order chi connectivity index (χ1) is 13.0. The molecule has 1 amide bonds. The van der Waals surface area contributed by atoms with Crippen molar-refractivity contribution < 1.29 is 14.3 Å². The van der Waals surface area contributed by atoms with Crippen LogP contribution in [-0.2, 0) is 14.3 Å². The second-order valence-electron chi connectivity index (χ2n) is 6.18. The summed E-state index contributed by atoms with van der Waals surface area (Å²) in [5.74, 6) is -0.973. The second kappa shape index (κ2) is 8.27. The topological polar surface area (TPSA) is 68.3 Å². The van der Waals surface area contributed by atoms with Gasteiger partial charge in [0.25, 0.3) is 5.91 Å². The average molecular weight is 360 g/mol. The minimum absolute atomic E-state index is 0.345. The maximum atomic E-state index is 12.0. The molecule has 0 atom stereocenters. The molecule has 1 N–H and O–H groups in total. The molecule has 5 nitrogen and oxygen atoms in total. The summed E-state index contributed by atoms with van der Waals surface area (Å²) in [6, 6.07) is 17.2. The first kappa shape index (κ1) is 18.3. The van der Waals surface area contributed by atoms with Gasteiger partial charge in [-0.2, -0.15) is 0 Å². The van der Waals surface area contributed by atoms with Crippen molar-refractivity contribution in [1.82, 2.24) is 4.98 Å². The van der Waals surface area contributed by atoms with Gasteiger partial charge in [-0.15, -0.1) is 0 Å². The Morgan fingerprint density at radius 1 is 1.00 bits per heavy atom. The zero-order valence-electron chi connectivity index (χ0n) is 15.2. The number of aromatic nitrogens is 1. The molecule has 3 aromatic rings. The number of carbonyl (C=O) groups is 2. The number of hydrogen-bond acceptors (Lipinski definition) is 4. The van der Waals surface area contributed by atoms with Crippen LogP contribution < -0.4 is 5.32 Å². The molecule has 3 rings (SSSR count). The molecule has 0 unspecified atom stereocenters. The van der Waals surface area contributed by atoms with Crippen molar-refractivity contribution in [1.29, 1.82) is 0 Å². The third-order valence-corrected chi connectivity index (χ3v) is 4.10. The van der Waals surface area contributed by atoms with Crippen molar-refractivity contribution in [3.63, 3.8) is 0 Å². The van der Waals surface area contributed by atoms with Crippen LogP contribution in [0, 0.1) is 13.8 Å². The van der Waals surface area contributed by atoms with E-state index in [-0.39, 0.29) is 12.5 Å². The van der Waals surface area contributed by atoms with Gasteiger partial charge in [0.05, 0.1) is 11.2 Å². The first-order valence-electron chi connectivity index (χ1n) is 8.59. The molecule has 0 aliphatic rings. The summed E-state index contributed by atoms with van der Waals surface area (Å²) in [7, 11) is 0. The molecule has 136 valence electrons. The van der Waals surface area contributed by atoms with Crippen LogP contribution in [0.25, 0.3) is 17.0 Å². The quantitative estimate of drug-likeness (QED) is 0.551. The molecule has 0 bridgehead atoms. The summed E-state index contributed by atoms with van der Waals surface area (Å²) in [6.07, 6.45) is 2.83. The molecule has 0 spiro atoms. The van der Waals surface area contributed by atoms with Gasteiger partial charge in [0.15, 0.2) is 6.61 Å². The molecule has 5 heteroatoms. The van der Waals surface area contributed by atoms with Gasteiger partial charge in [0, 0.05) is 17.1 Å². The molecule has 0 aliphatic heterocycles. The largest absolute Gasteiger partial charge is 0.452 e. The molecular formula is C22H20N2O3. The lowest BCUT2D eigenvalue weighted by atomic mass is 10.1. The fourth-order valence-corrected chi connectivity index (χ4v) is 2.70. The summed E-state index contributed by atoms with van der Waals surface area (Å²) in [5.41, 5.74) is 4.15. The number of amides is 1. The molecule has 0 saturated heterocycles. The number of para-hydroxylation sites is 2.